The first-order valence-corrected chi connectivity index (χ1v) is 5.74. The quantitative estimate of drug-likeness (QED) is 0.904. The lowest BCUT2D eigenvalue weighted by molar-refractivity contribution is 0.0996. The molecule has 3 N–H and O–H groups in total. The molecule has 0 unspecified atom stereocenters. The van der Waals surface area contributed by atoms with E-state index in [1.807, 2.05) is 0 Å². The van der Waals surface area contributed by atoms with Crippen LogP contribution in [0.3, 0.4) is 0 Å². The highest BCUT2D eigenvalue weighted by Gasteiger charge is 2.09. The highest BCUT2D eigenvalue weighted by molar-refractivity contribution is 5.94. The van der Waals surface area contributed by atoms with E-state index in [0.29, 0.717) is 5.69 Å². The molecule has 0 radical (unpaired) electrons. The number of hydrogen-bond donors (Lipinski definition) is 2. The summed E-state index contributed by atoms with van der Waals surface area (Å²) >= 11 is 0. The van der Waals surface area contributed by atoms with E-state index in [0.717, 1.165) is 24.3 Å². The number of anilines is 1. The Morgan fingerprint density at radius 2 is 1.75 bits per heavy atom. The Morgan fingerprint density at radius 3 is 2.45 bits per heavy atom. The van der Waals surface area contributed by atoms with E-state index in [2.05, 4.69) is 5.32 Å². The smallest absolute Gasteiger partial charge is 0.251 e. The third-order valence-corrected chi connectivity index (χ3v) is 2.72. The molecular formula is C14H11F3N2O. The fraction of sp³-hybridized carbons (Fsp3) is 0.0714. The number of primary amides is 1. The third kappa shape index (κ3) is 3.09. The first-order chi connectivity index (χ1) is 9.47. The van der Waals surface area contributed by atoms with E-state index in [9.17, 15) is 18.0 Å². The van der Waals surface area contributed by atoms with Crippen molar-refractivity contribution in [3.8, 4) is 0 Å². The van der Waals surface area contributed by atoms with Gasteiger partial charge in [-0.05, 0) is 36.4 Å². The molecule has 3 nitrogen and oxygen atoms in total. The molecule has 0 aliphatic heterocycles. The van der Waals surface area contributed by atoms with Gasteiger partial charge in [0, 0.05) is 17.8 Å². The van der Waals surface area contributed by atoms with E-state index in [4.69, 9.17) is 5.73 Å². The normalized spacial score (nSPS) is 10.3. The second-order valence-electron chi connectivity index (χ2n) is 4.15. The molecule has 1 amide bonds. The number of amides is 1. The van der Waals surface area contributed by atoms with Crippen LogP contribution < -0.4 is 11.1 Å². The standard InChI is InChI=1S/C14H11F3N2O/c15-9-1-3-12(16)8(5-9)7-19-10-2-4-13(17)11(6-10)14(18)20/h1-6,19H,7H2,(H2,18,20). The van der Waals surface area contributed by atoms with Crippen LogP contribution in [0.25, 0.3) is 0 Å². The van der Waals surface area contributed by atoms with Crippen LogP contribution >= 0.6 is 0 Å². The van der Waals surface area contributed by atoms with Gasteiger partial charge in [-0.25, -0.2) is 13.2 Å². The molecule has 2 rings (SSSR count). The van der Waals surface area contributed by atoms with Gasteiger partial charge in [0.25, 0.3) is 5.91 Å². The highest BCUT2D eigenvalue weighted by Crippen LogP contribution is 2.17. The van der Waals surface area contributed by atoms with Crippen LogP contribution in [0.15, 0.2) is 36.4 Å². The summed E-state index contributed by atoms with van der Waals surface area (Å²) < 4.78 is 39.7. The van der Waals surface area contributed by atoms with Crippen LogP contribution in [0.1, 0.15) is 15.9 Å². The van der Waals surface area contributed by atoms with Crippen molar-refractivity contribution in [1.29, 1.82) is 0 Å². The zero-order chi connectivity index (χ0) is 14.7. The molecule has 0 saturated carbocycles. The van der Waals surface area contributed by atoms with Crippen LogP contribution in [-0.2, 0) is 6.54 Å². The molecule has 0 atom stereocenters. The first-order valence-electron chi connectivity index (χ1n) is 5.74. The molecule has 0 bridgehead atoms. The molecule has 0 aliphatic carbocycles. The number of nitrogens with two attached hydrogens (primary N) is 1. The van der Waals surface area contributed by atoms with Gasteiger partial charge in [0.05, 0.1) is 5.56 Å². The van der Waals surface area contributed by atoms with Gasteiger partial charge in [0.15, 0.2) is 0 Å². The maximum Gasteiger partial charge on any atom is 0.251 e. The molecule has 2 aromatic carbocycles. The lowest BCUT2D eigenvalue weighted by atomic mass is 10.1. The number of hydrogen-bond acceptors (Lipinski definition) is 2. The van der Waals surface area contributed by atoms with Gasteiger partial charge in [-0.3, -0.25) is 4.79 Å². The maximum absolute atomic E-state index is 13.4. The highest BCUT2D eigenvalue weighted by atomic mass is 19.1. The fourth-order valence-corrected chi connectivity index (χ4v) is 1.70. The van der Waals surface area contributed by atoms with E-state index < -0.39 is 23.4 Å². The van der Waals surface area contributed by atoms with Crippen molar-refractivity contribution in [3.05, 3.63) is 65.0 Å². The van der Waals surface area contributed by atoms with Crippen LogP contribution in [0, 0.1) is 17.5 Å². The van der Waals surface area contributed by atoms with E-state index >= 15 is 0 Å². The number of halogens is 3. The van der Waals surface area contributed by atoms with Crippen molar-refractivity contribution < 1.29 is 18.0 Å². The summed E-state index contributed by atoms with van der Waals surface area (Å²) in [5.74, 6) is -2.75. The Labute approximate surface area is 113 Å². The molecule has 0 saturated heterocycles. The van der Waals surface area contributed by atoms with Crippen LogP contribution in [0.5, 0.6) is 0 Å². The summed E-state index contributed by atoms with van der Waals surface area (Å²) in [7, 11) is 0. The first kappa shape index (κ1) is 13.9. The largest absolute Gasteiger partial charge is 0.381 e. The minimum atomic E-state index is -0.900. The predicted octanol–water partition coefficient (Wildman–Crippen LogP) is 2.81. The summed E-state index contributed by atoms with van der Waals surface area (Å²) in [5.41, 5.74) is 5.25. The van der Waals surface area contributed by atoms with Crippen molar-refractivity contribution in [2.24, 2.45) is 5.73 Å². The Kier molecular flexibility index (Phi) is 3.93. The second-order valence-corrected chi connectivity index (χ2v) is 4.15. The van der Waals surface area contributed by atoms with Crippen LogP contribution in [-0.4, -0.2) is 5.91 Å². The van der Waals surface area contributed by atoms with Gasteiger partial charge < -0.3 is 11.1 Å². The Balaban J connectivity index is 2.17. The van der Waals surface area contributed by atoms with Crippen molar-refractivity contribution in [2.75, 3.05) is 5.32 Å². The zero-order valence-corrected chi connectivity index (χ0v) is 10.3. The summed E-state index contributed by atoms with van der Waals surface area (Å²) in [4.78, 5) is 11.0. The number of rotatable bonds is 4. The monoisotopic (exact) mass is 280 g/mol. The zero-order valence-electron chi connectivity index (χ0n) is 10.3. The Bertz CT molecular complexity index is 659. The minimum absolute atomic E-state index is 0.00652. The van der Waals surface area contributed by atoms with Gasteiger partial charge in [-0.2, -0.15) is 0 Å². The summed E-state index contributed by atoms with van der Waals surface area (Å²) in [6.07, 6.45) is 0. The van der Waals surface area contributed by atoms with Crippen molar-refractivity contribution in [2.45, 2.75) is 6.54 Å². The number of benzene rings is 2. The van der Waals surface area contributed by atoms with Gasteiger partial charge in [0.1, 0.15) is 17.5 Å². The van der Waals surface area contributed by atoms with E-state index in [-0.39, 0.29) is 17.7 Å². The van der Waals surface area contributed by atoms with E-state index in [1.54, 1.807) is 0 Å². The minimum Gasteiger partial charge on any atom is -0.381 e. The van der Waals surface area contributed by atoms with E-state index in [1.165, 1.54) is 12.1 Å². The molecular weight excluding hydrogens is 269 g/mol. The molecule has 0 fully saturated rings. The van der Waals surface area contributed by atoms with Crippen molar-refractivity contribution in [1.82, 2.24) is 0 Å². The lowest BCUT2D eigenvalue weighted by Gasteiger charge is -2.09. The summed E-state index contributed by atoms with van der Waals surface area (Å²) in [5, 5.41) is 2.77. The predicted molar refractivity (Wildman–Crippen MR) is 68.6 cm³/mol. The average molecular weight is 280 g/mol. The molecule has 0 aliphatic rings. The molecule has 2 aromatic rings. The second kappa shape index (κ2) is 5.64. The number of carbonyl (C=O) groups is 1. The maximum atomic E-state index is 13.4. The molecule has 0 aromatic heterocycles. The SMILES string of the molecule is NC(=O)c1cc(NCc2cc(F)ccc2F)ccc1F. The Morgan fingerprint density at radius 1 is 1.05 bits per heavy atom. The third-order valence-electron chi connectivity index (χ3n) is 2.72. The van der Waals surface area contributed by atoms with Crippen molar-refractivity contribution >= 4 is 11.6 Å². The molecule has 0 heterocycles. The van der Waals surface area contributed by atoms with Gasteiger partial charge in [-0.1, -0.05) is 0 Å². The molecule has 0 spiro atoms. The topological polar surface area (TPSA) is 55.1 Å². The van der Waals surface area contributed by atoms with Gasteiger partial charge >= 0.3 is 0 Å². The van der Waals surface area contributed by atoms with Gasteiger partial charge in [0.2, 0.25) is 0 Å². The van der Waals surface area contributed by atoms with Crippen LogP contribution in [0.4, 0.5) is 18.9 Å². The molecule has 20 heavy (non-hydrogen) atoms. The fourth-order valence-electron chi connectivity index (χ4n) is 1.70. The lowest BCUT2D eigenvalue weighted by Crippen LogP contribution is -2.13. The molecule has 104 valence electrons. The Hall–Kier alpha value is -2.50. The average Bonchev–Trinajstić information content (AvgIpc) is 2.41. The summed E-state index contributed by atoms with van der Waals surface area (Å²) in [6, 6.07) is 6.76. The number of carbonyl (C=O) groups excluding carboxylic acids is 1. The number of nitrogens with one attached hydrogen (secondary N) is 1. The van der Waals surface area contributed by atoms with Crippen molar-refractivity contribution in [3.63, 3.8) is 0 Å². The summed E-state index contributed by atoms with van der Waals surface area (Å²) in [6.45, 7) is -0.00652. The van der Waals surface area contributed by atoms with Crippen LogP contribution in [0.2, 0.25) is 0 Å². The van der Waals surface area contributed by atoms with Gasteiger partial charge in [-0.15, -0.1) is 0 Å². The molecule has 6 heteroatoms.